The molecule has 1 heterocycles. The number of carbonyl (C=O) groups excluding carboxylic acids is 1. The van der Waals surface area contributed by atoms with E-state index in [0.29, 0.717) is 0 Å². The van der Waals surface area contributed by atoms with Crippen LogP contribution in [0.15, 0.2) is 12.5 Å². The molecule has 1 rings (SSSR count). The molecule has 1 unspecified atom stereocenters. The third-order valence-corrected chi connectivity index (χ3v) is 1.51. The lowest BCUT2D eigenvalue weighted by Gasteiger charge is -2.09. The third-order valence-electron chi connectivity index (χ3n) is 1.51. The number of nitrogens with one attached hydrogen (secondary N) is 2. The molecule has 5 nitrogen and oxygen atoms in total. The standard InChI is InChI=1S/C7H9F2N3O2/c8-6(9)5(13)2-11-7(14)4-1-10-3-12-4/h1,3,5-6,13H,2H2,(H,10,12)(H,11,14). The van der Waals surface area contributed by atoms with Gasteiger partial charge in [0.05, 0.1) is 12.5 Å². The lowest BCUT2D eigenvalue weighted by Crippen LogP contribution is -2.35. The number of rotatable bonds is 4. The first kappa shape index (κ1) is 10.6. The first-order chi connectivity index (χ1) is 6.61. The van der Waals surface area contributed by atoms with E-state index in [1.807, 2.05) is 0 Å². The molecule has 0 saturated heterocycles. The summed E-state index contributed by atoms with van der Waals surface area (Å²) in [6, 6.07) is 0. The van der Waals surface area contributed by atoms with Crippen molar-refractivity contribution in [3.63, 3.8) is 0 Å². The fourth-order valence-corrected chi connectivity index (χ4v) is 0.762. The average Bonchev–Trinajstić information content (AvgIpc) is 2.66. The number of aromatic amines is 1. The Morgan fingerprint density at radius 1 is 1.71 bits per heavy atom. The highest BCUT2D eigenvalue weighted by Gasteiger charge is 2.17. The van der Waals surface area contributed by atoms with Gasteiger partial charge in [0.1, 0.15) is 11.8 Å². The van der Waals surface area contributed by atoms with Crippen LogP contribution < -0.4 is 5.32 Å². The summed E-state index contributed by atoms with van der Waals surface area (Å²) in [6.07, 6.45) is -2.17. The molecule has 0 fully saturated rings. The van der Waals surface area contributed by atoms with Crippen LogP contribution in [-0.2, 0) is 0 Å². The number of aliphatic hydroxyl groups excluding tert-OH is 1. The predicted octanol–water partition coefficient (Wildman–Crippen LogP) is -0.235. The SMILES string of the molecule is O=C(NCC(O)C(F)F)c1cnc[nH]1. The van der Waals surface area contributed by atoms with Crippen molar-refractivity contribution in [3.05, 3.63) is 18.2 Å². The van der Waals surface area contributed by atoms with Gasteiger partial charge in [0.2, 0.25) is 0 Å². The zero-order chi connectivity index (χ0) is 10.6. The second-order valence-electron chi connectivity index (χ2n) is 2.58. The Labute approximate surface area is 78.2 Å². The molecule has 0 bridgehead atoms. The molecule has 0 aromatic carbocycles. The quantitative estimate of drug-likeness (QED) is 0.635. The second-order valence-corrected chi connectivity index (χ2v) is 2.58. The Morgan fingerprint density at radius 2 is 2.43 bits per heavy atom. The number of aromatic nitrogens is 2. The highest BCUT2D eigenvalue weighted by atomic mass is 19.3. The number of amides is 1. The number of hydrogen-bond acceptors (Lipinski definition) is 3. The van der Waals surface area contributed by atoms with Gasteiger partial charge in [-0.1, -0.05) is 0 Å². The summed E-state index contributed by atoms with van der Waals surface area (Å²) < 4.78 is 23.6. The minimum atomic E-state index is -2.86. The lowest BCUT2D eigenvalue weighted by atomic mass is 10.3. The Hall–Kier alpha value is -1.50. The van der Waals surface area contributed by atoms with Crippen molar-refractivity contribution >= 4 is 5.91 Å². The van der Waals surface area contributed by atoms with E-state index in [1.165, 1.54) is 12.5 Å². The number of halogens is 2. The van der Waals surface area contributed by atoms with E-state index in [9.17, 15) is 13.6 Å². The maximum absolute atomic E-state index is 11.8. The number of aliphatic hydroxyl groups is 1. The Morgan fingerprint density at radius 3 is 2.93 bits per heavy atom. The van der Waals surface area contributed by atoms with Gasteiger partial charge in [-0.25, -0.2) is 13.8 Å². The fraction of sp³-hybridized carbons (Fsp3) is 0.429. The molecule has 78 valence electrons. The maximum Gasteiger partial charge on any atom is 0.269 e. The number of H-pyrrole nitrogens is 1. The molecule has 0 spiro atoms. The van der Waals surface area contributed by atoms with Crippen molar-refractivity contribution in [2.75, 3.05) is 6.54 Å². The van der Waals surface area contributed by atoms with Gasteiger partial charge in [0, 0.05) is 6.54 Å². The second kappa shape index (κ2) is 4.66. The van der Waals surface area contributed by atoms with Gasteiger partial charge in [-0.2, -0.15) is 0 Å². The van der Waals surface area contributed by atoms with Crippen LogP contribution in [0.4, 0.5) is 8.78 Å². The summed E-state index contributed by atoms with van der Waals surface area (Å²) >= 11 is 0. The molecule has 0 aliphatic heterocycles. The van der Waals surface area contributed by atoms with Gasteiger partial charge in [-0.15, -0.1) is 0 Å². The number of imidazole rings is 1. The van der Waals surface area contributed by atoms with Crippen molar-refractivity contribution in [1.29, 1.82) is 0 Å². The van der Waals surface area contributed by atoms with Gasteiger partial charge < -0.3 is 15.4 Å². The molecule has 0 saturated carbocycles. The molecule has 0 radical (unpaired) electrons. The van der Waals surface area contributed by atoms with Gasteiger partial charge in [0.25, 0.3) is 12.3 Å². The van der Waals surface area contributed by atoms with Crippen molar-refractivity contribution in [3.8, 4) is 0 Å². The van der Waals surface area contributed by atoms with Crippen LogP contribution in [0.2, 0.25) is 0 Å². The van der Waals surface area contributed by atoms with E-state index in [4.69, 9.17) is 5.11 Å². The van der Waals surface area contributed by atoms with E-state index >= 15 is 0 Å². The minimum absolute atomic E-state index is 0.159. The van der Waals surface area contributed by atoms with Crippen molar-refractivity contribution < 1.29 is 18.7 Å². The monoisotopic (exact) mass is 205 g/mol. The molecule has 0 aliphatic carbocycles. The predicted molar refractivity (Wildman–Crippen MR) is 42.9 cm³/mol. The summed E-state index contributed by atoms with van der Waals surface area (Å²) in [6.45, 7) is -0.491. The molecule has 0 aliphatic rings. The van der Waals surface area contributed by atoms with Crippen LogP contribution in [0, 0.1) is 0 Å². The first-order valence-corrected chi connectivity index (χ1v) is 3.84. The first-order valence-electron chi connectivity index (χ1n) is 3.84. The van der Waals surface area contributed by atoms with E-state index in [1.54, 1.807) is 0 Å². The fourth-order valence-electron chi connectivity index (χ4n) is 0.762. The van der Waals surface area contributed by atoms with Crippen LogP contribution in [-0.4, -0.2) is 40.1 Å². The summed E-state index contributed by atoms with van der Waals surface area (Å²) in [5, 5.41) is 10.8. The largest absolute Gasteiger partial charge is 0.385 e. The number of carbonyl (C=O) groups is 1. The van der Waals surface area contributed by atoms with Crippen molar-refractivity contribution in [1.82, 2.24) is 15.3 Å². The van der Waals surface area contributed by atoms with E-state index < -0.39 is 25.0 Å². The molecule has 1 atom stereocenters. The van der Waals surface area contributed by atoms with E-state index in [-0.39, 0.29) is 5.69 Å². The summed E-state index contributed by atoms with van der Waals surface area (Å²) in [4.78, 5) is 17.2. The number of hydrogen-bond donors (Lipinski definition) is 3. The number of alkyl halides is 2. The topological polar surface area (TPSA) is 78.0 Å². The molecule has 14 heavy (non-hydrogen) atoms. The Balaban J connectivity index is 2.36. The average molecular weight is 205 g/mol. The lowest BCUT2D eigenvalue weighted by molar-refractivity contribution is -0.00272. The summed E-state index contributed by atoms with van der Waals surface area (Å²) in [7, 11) is 0. The van der Waals surface area contributed by atoms with Crippen LogP contribution in [0.5, 0.6) is 0 Å². The Bertz CT molecular complexity index is 289. The van der Waals surface area contributed by atoms with E-state index in [2.05, 4.69) is 15.3 Å². The summed E-state index contributed by atoms with van der Waals surface area (Å²) in [5.74, 6) is -0.581. The van der Waals surface area contributed by atoms with Crippen molar-refractivity contribution in [2.45, 2.75) is 12.5 Å². The molecular formula is C7H9F2N3O2. The van der Waals surface area contributed by atoms with Crippen LogP contribution in [0.1, 0.15) is 10.5 Å². The molecule has 1 amide bonds. The zero-order valence-corrected chi connectivity index (χ0v) is 7.08. The highest BCUT2D eigenvalue weighted by molar-refractivity contribution is 5.91. The van der Waals surface area contributed by atoms with Crippen LogP contribution >= 0.6 is 0 Å². The van der Waals surface area contributed by atoms with Crippen LogP contribution in [0.3, 0.4) is 0 Å². The normalized spacial score (nSPS) is 12.9. The summed E-state index contributed by atoms with van der Waals surface area (Å²) in [5.41, 5.74) is 0.159. The third kappa shape index (κ3) is 2.77. The molecule has 1 aromatic rings. The van der Waals surface area contributed by atoms with E-state index in [0.717, 1.165) is 0 Å². The minimum Gasteiger partial charge on any atom is -0.385 e. The Kier molecular flexibility index (Phi) is 3.52. The smallest absolute Gasteiger partial charge is 0.269 e. The van der Waals surface area contributed by atoms with Crippen LogP contribution in [0.25, 0.3) is 0 Å². The van der Waals surface area contributed by atoms with Gasteiger partial charge >= 0.3 is 0 Å². The van der Waals surface area contributed by atoms with Gasteiger partial charge in [0.15, 0.2) is 0 Å². The zero-order valence-electron chi connectivity index (χ0n) is 7.08. The number of nitrogens with zero attached hydrogens (tertiary/aromatic N) is 1. The molecule has 3 N–H and O–H groups in total. The highest BCUT2D eigenvalue weighted by Crippen LogP contribution is 1.99. The van der Waals surface area contributed by atoms with Gasteiger partial charge in [-0.3, -0.25) is 4.79 Å². The van der Waals surface area contributed by atoms with Crippen molar-refractivity contribution in [2.24, 2.45) is 0 Å². The molecule has 1 aromatic heterocycles. The molecular weight excluding hydrogens is 196 g/mol. The maximum atomic E-state index is 11.8. The van der Waals surface area contributed by atoms with Gasteiger partial charge in [-0.05, 0) is 0 Å². The molecule has 7 heteroatoms.